The van der Waals surface area contributed by atoms with Crippen molar-refractivity contribution < 1.29 is 28.6 Å². The van der Waals surface area contributed by atoms with E-state index in [1.807, 2.05) is 6.92 Å². The third-order valence-electron chi connectivity index (χ3n) is 5.99. The van der Waals surface area contributed by atoms with Crippen LogP contribution in [0.5, 0.6) is 5.75 Å². The maximum absolute atomic E-state index is 12.9. The number of amides is 3. The summed E-state index contributed by atoms with van der Waals surface area (Å²) in [6, 6.07) is 4.86. The van der Waals surface area contributed by atoms with Crippen LogP contribution in [0.1, 0.15) is 38.2 Å². The van der Waals surface area contributed by atoms with Crippen molar-refractivity contribution in [2.45, 2.75) is 44.8 Å². The number of ether oxygens (including phenoxy) is 1. The standard InChI is InChI=1S/C21H22N2O7/c1-12-4-2-3-7-21(12)19(27)23(20(28)22-21)10-18(26)29-11-13-8-17(25)30-16-9-14(24)5-6-15(13)16/h5-6,8-9,12,24H,2-4,7,10-11H2,1H3,(H,22,28)/t12-,21-/m1/s1. The Bertz CT molecular complexity index is 1090. The largest absolute Gasteiger partial charge is 0.508 e. The van der Waals surface area contributed by atoms with Crippen LogP contribution in [0.15, 0.2) is 33.5 Å². The number of hydrogen-bond acceptors (Lipinski definition) is 7. The predicted octanol–water partition coefficient (Wildman–Crippen LogP) is 2.04. The fourth-order valence-electron chi connectivity index (χ4n) is 4.31. The summed E-state index contributed by atoms with van der Waals surface area (Å²) in [6.07, 6.45) is 3.24. The summed E-state index contributed by atoms with van der Waals surface area (Å²) in [4.78, 5) is 50.3. The summed E-state index contributed by atoms with van der Waals surface area (Å²) in [6.45, 7) is 1.19. The van der Waals surface area contributed by atoms with E-state index in [0.717, 1.165) is 24.2 Å². The molecule has 30 heavy (non-hydrogen) atoms. The highest BCUT2D eigenvalue weighted by Crippen LogP contribution is 2.38. The number of nitrogens with zero attached hydrogens (tertiary/aromatic N) is 1. The molecule has 9 nitrogen and oxygen atoms in total. The van der Waals surface area contributed by atoms with Crippen LogP contribution in [0.3, 0.4) is 0 Å². The quantitative estimate of drug-likeness (QED) is 0.445. The molecule has 0 bridgehead atoms. The zero-order valence-electron chi connectivity index (χ0n) is 16.5. The molecule has 2 heterocycles. The number of esters is 1. The smallest absolute Gasteiger partial charge is 0.336 e. The highest BCUT2D eigenvalue weighted by Gasteiger charge is 2.55. The van der Waals surface area contributed by atoms with Crippen LogP contribution in [-0.2, 0) is 20.9 Å². The first kappa shape index (κ1) is 19.9. The molecule has 2 aliphatic rings. The first-order chi connectivity index (χ1) is 14.3. The monoisotopic (exact) mass is 414 g/mol. The number of hydrogen-bond donors (Lipinski definition) is 2. The van der Waals surface area contributed by atoms with Crippen molar-refractivity contribution in [1.82, 2.24) is 10.2 Å². The van der Waals surface area contributed by atoms with Gasteiger partial charge in [-0.25, -0.2) is 9.59 Å². The van der Waals surface area contributed by atoms with Gasteiger partial charge in [0.25, 0.3) is 5.91 Å². The molecule has 9 heteroatoms. The molecule has 4 rings (SSSR count). The van der Waals surface area contributed by atoms with Gasteiger partial charge in [-0.3, -0.25) is 14.5 Å². The van der Waals surface area contributed by atoms with Gasteiger partial charge in [0.05, 0.1) is 0 Å². The normalized spacial score (nSPS) is 23.8. The van der Waals surface area contributed by atoms with Crippen molar-refractivity contribution in [3.05, 3.63) is 40.2 Å². The van der Waals surface area contributed by atoms with Crippen LogP contribution in [0.4, 0.5) is 4.79 Å². The summed E-state index contributed by atoms with van der Waals surface area (Å²) < 4.78 is 10.3. The predicted molar refractivity (Wildman–Crippen MR) is 105 cm³/mol. The summed E-state index contributed by atoms with van der Waals surface area (Å²) in [7, 11) is 0. The number of benzene rings is 1. The molecule has 1 aliphatic heterocycles. The SMILES string of the molecule is C[C@@H]1CCCC[C@@]12NC(=O)N(CC(=O)OCc1cc(=O)oc3cc(O)ccc13)C2=O. The van der Waals surface area contributed by atoms with E-state index < -0.39 is 35.6 Å². The summed E-state index contributed by atoms with van der Waals surface area (Å²) >= 11 is 0. The fourth-order valence-corrected chi connectivity index (χ4v) is 4.31. The molecule has 3 amide bonds. The Morgan fingerprint density at radius 3 is 2.87 bits per heavy atom. The molecule has 1 aliphatic carbocycles. The molecule has 2 fully saturated rings. The zero-order valence-corrected chi connectivity index (χ0v) is 16.5. The molecule has 2 atom stereocenters. The zero-order chi connectivity index (χ0) is 21.5. The number of phenolic OH excluding ortho intramolecular Hbond substituents is 1. The average Bonchev–Trinajstić information content (AvgIpc) is 2.93. The molecular weight excluding hydrogens is 392 g/mol. The number of fused-ring (bicyclic) bond motifs is 1. The van der Waals surface area contributed by atoms with Gasteiger partial charge >= 0.3 is 17.6 Å². The lowest BCUT2D eigenvalue weighted by Gasteiger charge is -2.36. The van der Waals surface area contributed by atoms with Crippen molar-refractivity contribution >= 4 is 28.9 Å². The molecule has 1 saturated heterocycles. The molecule has 158 valence electrons. The molecule has 0 radical (unpaired) electrons. The number of phenols is 1. The summed E-state index contributed by atoms with van der Waals surface area (Å²) in [5, 5.41) is 12.8. The van der Waals surface area contributed by atoms with Crippen molar-refractivity contribution in [2.24, 2.45) is 5.92 Å². The number of carbonyl (C=O) groups is 3. The van der Waals surface area contributed by atoms with E-state index in [0.29, 0.717) is 17.4 Å². The van der Waals surface area contributed by atoms with E-state index in [9.17, 15) is 24.3 Å². The topological polar surface area (TPSA) is 126 Å². The number of rotatable bonds is 4. The third-order valence-corrected chi connectivity index (χ3v) is 5.99. The molecule has 0 unspecified atom stereocenters. The van der Waals surface area contributed by atoms with Gasteiger partial charge in [0, 0.05) is 23.1 Å². The van der Waals surface area contributed by atoms with E-state index in [2.05, 4.69) is 5.32 Å². The van der Waals surface area contributed by atoms with Crippen LogP contribution < -0.4 is 10.9 Å². The minimum atomic E-state index is -0.938. The Kier molecular flexibility index (Phi) is 4.97. The van der Waals surface area contributed by atoms with Crippen molar-refractivity contribution in [3.8, 4) is 5.75 Å². The van der Waals surface area contributed by atoms with E-state index in [1.165, 1.54) is 18.2 Å². The number of nitrogens with one attached hydrogen (secondary N) is 1. The molecular formula is C21H22N2O7. The van der Waals surface area contributed by atoms with E-state index in [4.69, 9.17) is 9.15 Å². The Balaban J connectivity index is 1.46. The Hall–Kier alpha value is -3.36. The van der Waals surface area contributed by atoms with Gasteiger partial charge < -0.3 is 19.6 Å². The Morgan fingerprint density at radius 1 is 1.30 bits per heavy atom. The van der Waals surface area contributed by atoms with Gasteiger partial charge in [0.1, 0.15) is 30.0 Å². The van der Waals surface area contributed by atoms with Crippen LogP contribution >= 0.6 is 0 Å². The van der Waals surface area contributed by atoms with Crippen molar-refractivity contribution in [3.63, 3.8) is 0 Å². The van der Waals surface area contributed by atoms with Crippen LogP contribution in [-0.4, -0.2) is 40.0 Å². The van der Waals surface area contributed by atoms with E-state index in [1.54, 1.807) is 6.07 Å². The van der Waals surface area contributed by atoms with Crippen LogP contribution in [0.2, 0.25) is 0 Å². The van der Waals surface area contributed by atoms with Gasteiger partial charge in [-0.15, -0.1) is 0 Å². The number of carbonyl (C=O) groups excluding carboxylic acids is 3. The molecule has 1 aromatic heterocycles. The second kappa shape index (κ2) is 7.47. The van der Waals surface area contributed by atoms with E-state index in [-0.39, 0.29) is 23.9 Å². The molecule has 2 N–H and O–H groups in total. The molecule has 2 aromatic rings. The molecule has 1 spiro atoms. The van der Waals surface area contributed by atoms with Crippen LogP contribution in [0, 0.1) is 5.92 Å². The lowest BCUT2D eigenvalue weighted by Crippen LogP contribution is -2.54. The highest BCUT2D eigenvalue weighted by atomic mass is 16.5. The second-order valence-electron chi connectivity index (χ2n) is 7.87. The van der Waals surface area contributed by atoms with Gasteiger partial charge in [-0.2, -0.15) is 0 Å². The van der Waals surface area contributed by atoms with Crippen molar-refractivity contribution in [2.75, 3.05) is 6.54 Å². The first-order valence-corrected chi connectivity index (χ1v) is 9.85. The van der Waals surface area contributed by atoms with Gasteiger partial charge in [0.2, 0.25) is 0 Å². The maximum Gasteiger partial charge on any atom is 0.336 e. The average molecular weight is 414 g/mol. The first-order valence-electron chi connectivity index (χ1n) is 9.85. The Labute approximate surface area is 171 Å². The summed E-state index contributed by atoms with van der Waals surface area (Å²) in [5.41, 5.74) is -1.03. The lowest BCUT2D eigenvalue weighted by molar-refractivity contribution is -0.149. The minimum Gasteiger partial charge on any atom is -0.508 e. The van der Waals surface area contributed by atoms with Gasteiger partial charge in [-0.05, 0) is 30.9 Å². The second-order valence-corrected chi connectivity index (χ2v) is 7.87. The van der Waals surface area contributed by atoms with Crippen molar-refractivity contribution in [1.29, 1.82) is 0 Å². The maximum atomic E-state index is 12.9. The number of aromatic hydroxyl groups is 1. The molecule has 1 saturated carbocycles. The van der Waals surface area contributed by atoms with Gasteiger partial charge in [-0.1, -0.05) is 19.8 Å². The van der Waals surface area contributed by atoms with Gasteiger partial charge in [0.15, 0.2) is 0 Å². The minimum absolute atomic E-state index is 0.00459. The lowest BCUT2D eigenvalue weighted by atomic mass is 9.73. The third kappa shape index (κ3) is 3.40. The Morgan fingerprint density at radius 2 is 2.10 bits per heavy atom. The molecule has 1 aromatic carbocycles. The van der Waals surface area contributed by atoms with Crippen LogP contribution in [0.25, 0.3) is 11.0 Å². The number of imide groups is 1. The highest BCUT2D eigenvalue weighted by molar-refractivity contribution is 6.09. The van der Waals surface area contributed by atoms with E-state index >= 15 is 0 Å². The summed E-state index contributed by atoms with van der Waals surface area (Å²) in [5.74, 6) is -1.23. The number of urea groups is 1. The fraction of sp³-hybridized carbons (Fsp3) is 0.429.